The monoisotopic (exact) mass is 329 g/mol. The number of fused-ring (bicyclic) bond motifs is 1. The highest BCUT2D eigenvalue weighted by atomic mass is 16.5. The number of anilines is 1. The van der Waals surface area contributed by atoms with E-state index in [0.29, 0.717) is 17.9 Å². The van der Waals surface area contributed by atoms with Gasteiger partial charge in [0.1, 0.15) is 0 Å². The van der Waals surface area contributed by atoms with Gasteiger partial charge in [0.15, 0.2) is 0 Å². The van der Waals surface area contributed by atoms with Crippen LogP contribution in [-0.2, 0) is 4.74 Å². The highest BCUT2D eigenvalue weighted by Crippen LogP contribution is 2.54. The highest BCUT2D eigenvalue weighted by molar-refractivity contribution is 5.89. The smallest absolute Gasteiger partial charge is 0.321 e. The van der Waals surface area contributed by atoms with Crippen LogP contribution in [0.25, 0.3) is 0 Å². The maximum atomic E-state index is 12.7. The molecule has 0 unspecified atom stereocenters. The number of hydrogen-bond acceptors (Lipinski definition) is 3. The van der Waals surface area contributed by atoms with Crippen LogP contribution in [0.15, 0.2) is 24.3 Å². The van der Waals surface area contributed by atoms with Crippen LogP contribution in [-0.4, -0.2) is 61.3 Å². The number of ether oxygens (including phenoxy) is 1. The molecular formula is C19H27N3O2. The Morgan fingerprint density at radius 3 is 2.83 bits per heavy atom. The van der Waals surface area contributed by atoms with E-state index in [9.17, 15) is 4.79 Å². The van der Waals surface area contributed by atoms with Crippen LogP contribution in [0.5, 0.6) is 0 Å². The van der Waals surface area contributed by atoms with Gasteiger partial charge in [0.05, 0.1) is 18.2 Å². The Morgan fingerprint density at radius 2 is 2.12 bits per heavy atom. The lowest BCUT2D eigenvalue weighted by Crippen LogP contribution is -2.40. The molecule has 3 fully saturated rings. The number of carbonyl (C=O) groups is 1. The molecule has 24 heavy (non-hydrogen) atoms. The number of aryl methyl sites for hydroxylation is 1. The largest absolute Gasteiger partial charge is 0.369 e. The molecule has 0 radical (unpaired) electrons. The van der Waals surface area contributed by atoms with Gasteiger partial charge in [-0.2, -0.15) is 0 Å². The van der Waals surface area contributed by atoms with Gasteiger partial charge in [0.25, 0.3) is 0 Å². The Hall–Kier alpha value is -1.59. The van der Waals surface area contributed by atoms with Crippen molar-refractivity contribution in [2.75, 3.05) is 39.0 Å². The number of nitrogens with zero attached hydrogens (tertiary/aromatic N) is 2. The van der Waals surface area contributed by atoms with E-state index in [4.69, 9.17) is 4.74 Å². The molecule has 130 valence electrons. The van der Waals surface area contributed by atoms with Gasteiger partial charge in [0, 0.05) is 30.6 Å². The summed E-state index contributed by atoms with van der Waals surface area (Å²) in [5.74, 6) is 1.02. The first-order valence-corrected chi connectivity index (χ1v) is 8.92. The second-order valence-corrected chi connectivity index (χ2v) is 7.97. The van der Waals surface area contributed by atoms with E-state index >= 15 is 0 Å². The molecule has 5 nitrogen and oxygen atoms in total. The predicted octanol–water partition coefficient (Wildman–Crippen LogP) is 2.57. The van der Waals surface area contributed by atoms with E-state index in [1.165, 1.54) is 5.56 Å². The molecule has 1 spiro atoms. The molecule has 3 heterocycles. The molecule has 4 rings (SSSR count). The lowest BCUT2D eigenvalue weighted by molar-refractivity contribution is 0.00534. The second kappa shape index (κ2) is 5.74. The number of urea groups is 1. The minimum absolute atomic E-state index is 0.00159. The highest BCUT2D eigenvalue weighted by Gasteiger charge is 2.63. The Balaban J connectivity index is 1.45. The lowest BCUT2D eigenvalue weighted by atomic mass is 9.73. The van der Waals surface area contributed by atoms with Gasteiger partial charge in [-0.25, -0.2) is 4.79 Å². The molecule has 4 atom stereocenters. The summed E-state index contributed by atoms with van der Waals surface area (Å²) in [5, 5.41) is 3.03. The second-order valence-electron chi connectivity index (χ2n) is 7.97. The minimum atomic E-state index is -0.0873. The summed E-state index contributed by atoms with van der Waals surface area (Å²) in [6.45, 7) is 4.64. The minimum Gasteiger partial charge on any atom is -0.369 e. The summed E-state index contributed by atoms with van der Waals surface area (Å²) in [4.78, 5) is 16.9. The number of likely N-dealkylation sites (tertiary alicyclic amines) is 1. The maximum Gasteiger partial charge on any atom is 0.321 e. The van der Waals surface area contributed by atoms with Gasteiger partial charge in [-0.15, -0.1) is 0 Å². The molecule has 0 aromatic heterocycles. The average molecular weight is 329 g/mol. The van der Waals surface area contributed by atoms with Gasteiger partial charge >= 0.3 is 6.03 Å². The molecule has 1 N–H and O–H groups in total. The molecule has 2 bridgehead atoms. The van der Waals surface area contributed by atoms with Crippen LogP contribution in [0.1, 0.15) is 18.4 Å². The summed E-state index contributed by atoms with van der Waals surface area (Å²) in [6, 6.07) is 7.95. The van der Waals surface area contributed by atoms with Crippen LogP contribution in [0, 0.1) is 18.8 Å². The van der Waals surface area contributed by atoms with Crippen LogP contribution in [0.2, 0.25) is 0 Å². The van der Waals surface area contributed by atoms with Crippen LogP contribution < -0.4 is 5.32 Å². The van der Waals surface area contributed by atoms with Crippen molar-refractivity contribution < 1.29 is 9.53 Å². The Bertz CT molecular complexity index is 630. The first kappa shape index (κ1) is 15.9. The number of hydrogen-bond donors (Lipinski definition) is 1. The van der Waals surface area contributed by atoms with E-state index in [0.717, 1.165) is 38.2 Å². The molecule has 3 saturated heterocycles. The van der Waals surface area contributed by atoms with E-state index in [1.807, 2.05) is 36.1 Å². The predicted molar refractivity (Wildman–Crippen MR) is 94.1 cm³/mol. The third kappa shape index (κ3) is 2.60. The first-order valence-electron chi connectivity index (χ1n) is 8.92. The van der Waals surface area contributed by atoms with Gasteiger partial charge in [-0.3, -0.25) is 0 Å². The van der Waals surface area contributed by atoms with E-state index in [-0.39, 0.29) is 11.6 Å². The van der Waals surface area contributed by atoms with Crippen molar-refractivity contribution >= 4 is 11.7 Å². The Labute approximate surface area is 144 Å². The number of amides is 2. The lowest BCUT2D eigenvalue weighted by Gasteiger charge is -2.30. The fraction of sp³-hybridized carbons (Fsp3) is 0.632. The Kier molecular flexibility index (Phi) is 3.81. The third-order valence-electron chi connectivity index (χ3n) is 5.95. The summed E-state index contributed by atoms with van der Waals surface area (Å²) in [6.07, 6.45) is 2.63. The Morgan fingerprint density at radius 1 is 1.38 bits per heavy atom. The molecule has 3 aliphatic heterocycles. The first-order chi connectivity index (χ1) is 11.5. The quantitative estimate of drug-likeness (QED) is 0.927. The standard InChI is InChI=1S/C19H27N3O2/c1-13-4-6-14(7-5-13)20-18(23)22-11-16-15(10-21(2)3)17-8-9-19(16,12-22)24-17/h4-7,15-17H,8-12H2,1-3H3,(H,20,23)/t15-,16+,17+,19+/m0/s1. The number of nitrogens with one attached hydrogen (secondary N) is 1. The van der Waals surface area contributed by atoms with Crippen molar-refractivity contribution in [2.45, 2.75) is 31.5 Å². The fourth-order valence-electron chi connectivity index (χ4n) is 4.85. The number of carbonyl (C=O) groups excluding carboxylic acids is 1. The van der Waals surface area contributed by atoms with Crippen LogP contribution >= 0.6 is 0 Å². The third-order valence-corrected chi connectivity index (χ3v) is 5.95. The summed E-state index contributed by atoms with van der Waals surface area (Å²) >= 11 is 0. The van der Waals surface area contributed by atoms with Gasteiger partial charge in [-0.05, 0) is 46.0 Å². The molecule has 1 aromatic rings. The molecule has 2 amide bonds. The van der Waals surface area contributed by atoms with Crippen molar-refractivity contribution in [2.24, 2.45) is 11.8 Å². The normalized spacial score (nSPS) is 34.0. The molecule has 5 heteroatoms. The van der Waals surface area contributed by atoms with Gasteiger partial charge in [-0.1, -0.05) is 17.7 Å². The van der Waals surface area contributed by atoms with Crippen molar-refractivity contribution in [1.29, 1.82) is 0 Å². The number of benzene rings is 1. The fourth-order valence-corrected chi connectivity index (χ4v) is 4.85. The molecule has 0 aliphatic carbocycles. The van der Waals surface area contributed by atoms with Crippen molar-refractivity contribution in [3.05, 3.63) is 29.8 Å². The zero-order valence-electron chi connectivity index (χ0n) is 14.8. The summed E-state index contributed by atoms with van der Waals surface area (Å²) in [5.41, 5.74) is 1.96. The van der Waals surface area contributed by atoms with Crippen molar-refractivity contribution in [3.8, 4) is 0 Å². The SMILES string of the molecule is Cc1ccc(NC(=O)N2C[C@@H]3[C@H](CN(C)C)[C@H]4CC[C@]3(C2)O4)cc1. The molecular weight excluding hydrogens is 302 g/mol. The van der Waals surface area contributed by atoms with Crippen molar-refractivity contribution in [1.82, 2.24) is 9.80 Å². The van der Waals surface area contributed by atoms with Crippen LogP contribution in [0.4, 0.5) is 10.5 Å². The summed E-state index contributed by atoms with van der Waals surface area (Å²) < 4.78 is 6.40. The maximum absolute atomic E-state index is 12.7. The zero-order chi connectivity index (χ0) is 16.9. The zero-order valence-corrected chi connectivity index (χ0v) is 14.8. The van der Waals surface area contributed by atoms with Crippen molar-refractivity contribution in [3.63, 3.8) is 0 Å². The topological polar surface area (TPSA) is 44.8 Å². The van der Waals surface area contributed by atoms with Crippen LogP contribution in [0.3, 0.4) is 0 Å². The van der Waals surface area contributed by atoms with E-state index < -0.39 is 0 Å². The van der Waals surface area contributed by atoms with Gasteiger partial charge < -0.3 is 19.9 Å². The van der Waals surface area contributed by atoms with Gasteiger partial charge in [0.2, 0.25) is 0 Å². The number of rotatable bonds is 3. The summed E-state index contributed by atoms with van der Waals surface area (Å²) in [7, 11) is 4.24. The van der Waals surface area contributed by atoms with E-state index in [1.54, 1.807) is 0 Å². The molecule has 3 aliphatic rings. The molecule has 1 aromatic carbocycles. The molecule has 0 saturated carbocycles. The average Bonchev–Trinajstić information content (AvgIpc) is 3.19. The van der Waals surface area contributed by atoms with E-state index in [2.05, 4.69) is 24.3 Å².